The van der Waals surface area contributed by atoms with Crippen molar-refractivity contribution in [3.63, 3.8) is 0 Å². The topological polar surface area (TPSA) is 0 Å². The molecule has 8 heavy (non-hydrogen) atoms. The Kier molecular flexibility index (Phi) is 264000. The van der Waals surface area contributed by atoms with Crippen LogP contribution in [-0.4, -0.2) is 0 Å². The van der Waals surface area contributed by atoms with E-state index in [1.807, 2.05) is 0 Å². The van der Waals surface area contributed by atoms with Crippen LogP contribution in [0.4, 0.5) is 0 Å². The van der Waals surface area contributed by atoms with Gasteiger partial charge in [-0.05, 0) is 0 Å². The summed E-state index contributed by atoms with van der Waals surface area (Å²) in [6, 6.07) is 0. The van der Waals surface area contributed by atoms with Gasteiger partial charge in [0.1, 0.15) is 0 Å². The van der Waals surface area contributed by atoms with E-state index in [0.717, 1.165) is 0 Å². The van der Waals surface area contributed by atoms with Crippen LogP contribution in [0.2, 0.25) is 0 Å². The smallest absolute Gasteiger partial charge is 0.0776 e. The van der Waals surface area contributed by atoms with Gasteiger partial charge >= 0.3 is 0 Å². The molecule has 0 rings (SSSR count). The summed E-state index contributed by atoms with van der Waals surface area (Å²) in [4.78, 5) is 0. The summed E-state index contributed by atoms with van der Waals surface area (Å²) in [5, 5.41) is 0. The Morgan fingerprint density at radius 1 is 0.375 bits per heavy atom. The van der Waals surface area contributed by atoms with Crippen molar-refractivity contribution in [1.82, 2.24) is 0 Å². The quantitative estimate of drug-likeness (QED) is 0.413. The molecule has 0 aliphatic heterocycles. The molecular weight excluding hydrogens is 96.1 g/mol. The van der Waals surface area contributed by atoms with Crippen LogP contribution in [0.5, 0.6) is 0 Å². The Balaban J connectivity index is -0.000000000333. The van der Waals surface area contributed by atoms with Crippen LogP contribution in [-0.2, 0) is 0 Å². The first-order valence-corrected chi connectivity index (χ1v) is 0.500. The van der Waals surface area contributed by atoms with Gasteiger partial charge in [0.15, 0.2) is 0 Å². The fourth-order valence-electron chi connectivity index (χ4n) is 0. The Bertz CT molecular complexity index is 0. The molecule has 0 saturated carbocycles. The Hall–Kier alpha value is -0.260. The van der Waals surface area contributed by atoms with Crippen molar-refractivity contribution < 1.29 is 0 Å². The second kappa shape index (κ2) is 3290. The fourth-order valence-corrected chi connectivity index (χ4v) is 0. The second-order valence-electron chi connectivity index (χ2n) is 0. The molecule has 0 unspecified atom stereocenters. The van der Waals surface area contributed by atoms with Gasteiger partial charge in [-0.1, -0.05) is 44.6 Å². The lowest BCUT2D eigenvalue weighted by Gasteiger charge is -0.813. The van der Waals surface area contributed by atoms with Gasteiger partial charge in [0.2, 0.25) is 0 Å². The molecular formula is C8H28. The molecule has 0 heterocycles. The molecule has 0 aromatic rings. The molecule has 0 N–H and O–H groups in total. The van der Waals surface area contributed by atoms with Gasteiger partial charge in [-0.3, -0.25) is 0 Å². The van der Waals surface area contributed by atoms with Crippen LogP contribution >= 0.6 is 0 Å². The fraction of sp³-hybridized carbons (Fsp3) is 0.750. The van der Waals surface area contributed by atoms with E-state index in [9.17, 15) is 0 Å². The molecule has 0 amide bonds. The molecule has 0 aromatic carbocycles. The third kappa shape index (κ3) is 1910. The number of hydrogen-bond donors (Lipinski definition) is 0. The lowest BCUT2D eigenvalue weighted by molar-refractivity contribution is 2.50. The SMILES string of the molecule is C.C.C.C.C.C.C=C. The van der Waals surface area contributed by atoms with E-state index in [-0.39, 0.29) is 44.6 Å². The summed E-state index contributed by atoms with van der Waals surface area (Å²) >= 11 is 0. The summed E-state index contributed by atoms with van der Waals surface area (Å²) < 4.78 is 0. The summed E-state index contributed by atoms with van der Waals surface area (Å²) in [7, 11) is 0. The van der Waals surface area contributed by atoms with E-state index >= 15 is 0 Å². The Morgan fingerprint density at radius 2 is 0.375 bits per heavy atom. The average Bonchev–Trinajstić information content (AvgIpc) is 1.00. The highest BCUT2D eigenvalue weighted by molar-refractivity contribution is 4.22. The zero-order chi connectivity index (χ0) is 2.00. The third-order valence-corrected chi connectivity index (χ3v) is 0. The van der Waals surface area contributed by atoms with Crippen molar-refractivity contribution in [3.05, 3.63) is 13.2 Å². The molecule has 0 heteroatoms. The van der Waals surface area contributed by atoms with Gasteiger partial charge in [-0.25, -0.2) is 0 Å². The van der Waals surface area contributed by atoms with Crippen LogP contribution in [0.1, 0.15) is 44.6 Å². The normalized spacial score (nSPS) is 0.500. The third-order valence-electron chi connectivity index (χ3n) is 0. The Labute approximate surface area is 58.6 Å². The van der Waals surface area contributed by atoms with Crippen molar-refractivity contribution in [2.24, 2.45) is 0 Å². The molecule has 0 aliphatic carbocycles. The first-order valence-electron chi connectivity index (χ1n) is 0.500. The predicted octanol–water partition coefficient (Wildman–Crippen LogP) is 4.62. The van der Waals surface area contributed by atoms with E-state index < -0.39 is 0 Å². The Morgan fingerprint density at radius 3 is 0.375 bits per heavy atom. The molecule has 0 bridgehead atoms. The zero-order valence-electron chi connectivity index (χ0n) is 1.41. The highest BCUT2D eigenvalue weighted by atomic mass is 12.7. The van der Waals surface area contributed by atoms with Gasteiger partial charge in [0.05, 0.1) is 0 Å². The lowest BCUT2D eigenvalue weighted by Crippen LogP contribution is -0.552. The van der Waals surface area contributed by atoms with Crippen LogP contribution < -0.4 is 0 Å². The predicted molar refractivity (Wildman–Crippen MR) is 51.6 cm³/mol. The van der Waals surface area contributed by atoms with E-state index in [1.165, 1.54) is 0 Å². The monoisotopic (exact) mass is 124 g/mol. The lowest BCUT2D eigenvalue weighted by atomic mass is 11.3. The van der Waals surface area contributed by atoms with Crippen molar-refractivity contribution in [1.29, 1.82) is 0 Å². The van der Waals surface area contributed by atoms with Crippen molar-refractivity contribution in [2.75, 3.05) is 0 Å². The van der Waals surface area contributed by atoms with Crippen molar-refractivity contribution in [3.8, 4) is 0 Å². The van der Waals surface area contributed by atoms with E-state index in [0.29, 0.717) is 0 Å². The summed E-state index contributed by atoms with van der Waals surface area (Å²) in [6.45, 7) is 6.00. The molecule has 0 saturated heterocycles. The summed E-state index contributed by atoms with van der Waals surface area (Å²) in [5.41, 5.74) is 0. The van der Waals surface area contributed by atoms with E-state index in [1.54, 1.807) is 0 Å². The molecule has 0 aliphatic rings. The molecule has 0 radical (unpaired) electrons. The molecule has 0 atom stereocenters. The second-order valence-corrected chi connectivity index (χ2v) is 0. The maximum Gasteiger partial charge on any atom is -0.0776 e. The minimum atomic E-state index is 0. The van der Waals surface area contributed by atoms with Crippen molar-refractivity contribution in [2.45, 2.75) is 44.6 Å². The highest BCUT2D eigenvalue weighted by Crippen LogP contribution is 0.862. The zero-order valence-corrected chi connectivity index (χ0v) is 1.41. The first-order chi connectivity index (χ1) is 1.00. The maximum atomic E-state index is 3.00. The van der Waals surface area contributed by atoms with E-state index in [4.69, 9.17) is 0 Å². The van der Waals surface area contributed by atoms with Crippen molar-refractivity contribution >= 4 is 0 Å². The summed E-state index contributed by atoms with van der Waals surface area (Å²) in [5.74, 6) is 0. The maximum absolute atomic E-state index is 3.00. The van der Waals surface area contributed by atoms with Gasteiger partial charge in [-0.15, -0.1) is 13.2 Å². The molecule has 0 spiro atoms. The van der Waals surface area contributed by atoms with Crippen LogP contribution in [0.15, 0.2) is 13.2 Å². The van der Waals surface area contributed by atoms with Crippen LogP contribution in [0, 0.1) is 0 Å². The van der Waals surface area contributed by atoms with Crippen LogP contribution in [0.25, 0.3) is 0 Å². The highest BCUT2D eigenvalue weighted by Gasteiger charge is 0.601. The molecule has 0 fully saturated rings. The van der Waals surface area contributed by atoms with Gasteiger partial charge in [0.25, 0.3) is 0 Å². The average molecular weight is 124 g/mol. The number of rotatable bonds is 0. The van der Waals surface area contributed by atoms with Gasteiger partial charge in [0, 0.05) is 0 Å². The first kappa shape index (κ1) is 642. The minimum absolute atomic E-state index is 0. The number of hydrogen-bond acceptors (Lipinski definition) is 0. The van der Waals surface area contributed by atoms with Crippen LogP contribution in [0.3, 0.4) is 0 Å². The largest absolute Gasteiger partial charge is 0.106 e. The molecule has 60 valence electrons. The van der Waals surface area contributed by atoms with Gasteiger partial charge < -0.3 is 0 Å². The minimum Gasteiger partial charge on any atom is -0.106 e. The summed E-state index contributed by atoms with van der Waals surface area (Å²) in [6.07, 6.45) is 0. The van der Waals surface area contributed by atoms with Gasteiger partial charge in [-0.2, -0.15) is 0 Å². The standard InChI is InChI=1S/C2H4.6CH4/c1-2;;;;;;/h1-2H2;6*1H4. The molecule has 0 nitrogen and oxygen atoms in total. The van der Waals surface area contributed by atoms with E-state index in [2.05, 4.69) is 13.2 Å². The molecule has 0 aromatic heterocycles.